The number of nitrogens with two attached hydrogens (primary N) is 1. The summed E-state index contributed by atoms with van der Waals surface area (Å²) in [5.41, 5.74) is 6.87. The van der Waals surface area contributed by atoms with Gasteiger partial charge in [0.05, 0.1) is 25.1 Å². The molecule has 0 unspecified atom stereocenters. The van der Waals surface area contributed by atoms with Gasteiger partial charge in [0.1, 0.15) is 17.2 Å². The van der Waals surface area contributed by atoms with E-state index >= 15 is 0 Å². The summed E-state index contributed by atoms with van der Waals surface area (Å²) in [4.78, 5) is 19.3. The number of fused-ring (bicyclic) bond motifs is 1. The van der Waals surface area contributed by atoms with Crippen LogP contribution >= 0.6 is 0 Å². The van der Waals surface area contributed by atoms with Gasteiger partial charge in [-0.15, -0.1) is 0 Å². The second kappa shape index (κ2) is 5.17. The van der Waals surface area contributed by atoms with E-state index in [4.69, 9.17) is 10.5 Å². The van der Waals surface area contributed by atoms with Crippen LogP contribution in [0.25, 0.3) is 11.3 Å². The lowest BCUT2D eigenvalue weighted by Crippen LogP contribution is -2.19. The first kappa shape index (κ1) is 13.6. The first-order valence-corrected chi connectivity index (χ1v) is 6.28. The van der Waals surface area contributed by atoms with Crippen molar-refractivity contribution >= 4 is 5.91 Å². The molecule has 0 fully saturated rings. The maximum Gasteiger partial charge on any atom is 0.267 e. The number of aromatic nitrogens is 2. The molecule has 3 heterocycles. The van der Waals surface area contributed by atoms with Gasteiger partial charge in [-0.3, -0.25) is 9.78 Å². The Hall–Kier alpha value is -2.41. The van der Waals surface area contributed by atoms with Crippen LogP contribution in [0, 0.1) is 11.6 Å². The molecule has 0 radical (unpaired) electrons. The third-order valence-corrected chi connectivity index (χ3v) is 3.26. The zero-order valence-electron chi connectivity index (χ0n) is 10.9. The number of rotatable bonds is 2. The van der Waals surface area contributed by atoms with Crippen LogP contribution in [0.5, 0.6) is 0 Å². The van der Waals surface area contributed by atoms with E-state index in [1.54, 1.807) is 0 Å². The summed E-state index contributed by atoms with van der Waals surface area (Å²) in [6.45, 7) is 0.673. The number of amides is 1. The Morgan fingerprint density at radius 1 is 1.33 bits per heavy atom. The quantitative estimate of drug-likeness (QED) is 0.911. The number of hydrogen-bond donors (Lipinski definition) is 1. The molecule has 5 nitrogen and oxygen atoms in total. The highest BCUT2D eigenvalue weighted by Gasteiger charge is 2.22. The van der Waals surface area contributed by atoms with Gasteiger partial charge in [0.25, 0.3) is 5.91 Å². The van der Waals surface area contributed by atoms with Crippen LogP contribution in [0.2, 0.25) is 0 Å². The topological polar surface area (TPSA) is 78.1 Å². The summed E-state index contributed by atoms with van der Waals surface area (Å²) in [6.07, 6.45) is 1.43. The smallest absolute Gasteiger partial charge is 0.267 e. The van der Waals surface area contributed by atoms with Crippen molar-refractivity contribution in [3.8, 4) is 11.3 Å². The maximum absolute atomic E-state index is 14.0. The van der Waals surface area contributed by atoms with Crippen LogP contribution in [-0.2, 0) is 17.8 Å². The Bertz CT molecular complexity index is 734. The third kappa shape index (κ3) is 2.47. The van der Waals surface area contributed by atoms with Crippen LogP contribution < -0.4 is 5.73 Å². The summed E-state index contributed by atoms with van der Waals surface area (Å²) in [5, 5.41) is 0. The molecular weight excluding hydrogens is 280 g/mol. The predicted molar refractivity (Wildman–Crippen MR) is 69.3 cm³/mol. The van der Waals surface area contributed by atoms with E-state index in [0.29, 0.717) is 24.3 Å². The standard InChI is InChI=1S/C14H11F2N3O2/c15-7-3-10(16)13(18-5-7)9-4-11(14(17)20)19-12-6-21-2-1-8(9)12/h3-5H,1-2,6H2,(H2,17,20). The molecule has 0 spiro atoms. The highest BCUT2D eigenvalue weighted by Crippen LogP contribution is 2.30. The second-order valence-electron chi connectivity index (χ2n) is 4.63. The molecule has 108 valence electrons. The molecule has 7 heteroatoms. The van der Waals surface area contributed by atoms with Crippen LogP contribution in [-0.4, -0.2) is 22.5 Å². The molecule has 1 aliphatic heterocycles. The Morgan fingerprint density at radius 3 is 2.86 bits per heavy atom. The van der Waals surface area contributed by atoms with Gasteiger partial charge in [0.15, 0.2) is 5.82 Å². The number of primary amides is 1. The predicted octanol–water partition coefficient (Wildman–Crippen LogP) is 1.59. The fraction of sp³-hybridized carbons (Fsp3) is 0.214. The lowest BCUT2D eigenvalue weighted by Gasteiger charge is -2.19. The van der Waals surface area contributed by atoms with Gasteiger partial charge in [-0.05, 0) is 18.1 Å². The van der Waals surface area contributed by atoms with Crippen molar-refractivity contribution in [2.75, 3.05) is 6.61 Å². The number of hydrogen-bond acceptors (Lipinski definition) is 4. The van der Waals surface area contributed by atoms with Gasteiger partial charge in [-0.1, -0.05) is 0 Å². The van der Waals surface area contributed by atoms with Crippen LogP contribution in [0.4, 0.5) is 8.78 Å². The molecule has 0 aliphatic carbocycles. The molecule has 1 aliphatic rings. The number of nitrogens with zero attached hydrogens (tertiary/aromatic N) is 2. The van der Waals surface area contributed by atoms with E-state index in [1.165, 1.54) is 6.07 Å². The summed E-state index contributed by atoms with van der Waals surface area (Å²) >= 11 is 0. The normalized spacial score (nSPS) is 13.8. The fourth-order valence-electron chi connectivity index (χ4n) is 2.32. The van der Waals surface area contributed by atoms with Crippen molar-refractivity contribution in [2.24, 2.45) is 5.73 Å². The minimum absolute atomic E-state index is 0.000208. The highest BCUT2D eigenvalue weighted by molar-refractivity contribution is 5.92. The van der Waals surface area contributed by atoms with Gasteiger partial charge in [0.2, 0.25) is 0 Å². The number of halogens is 2. The van der Waals surface area contributed by atoms with Crippen molar-refractivity contribution in [3.63, 3.8) is 0 Å². The third-order valence-electron chi connectivity index (χ3n) is 3.26. The van der Waals surface area contributed by atoms with E-state index in [9.17, 15) is 13.6 Å². The summed E-state index contributed by atoms with van der Waals surface area (Å²) < 4.78 is 32.3. The van der Waals surface area contributed by atoms with E-state index in [1.807, 2.05) is 0 Å². The van der Waals surface area contributed by atoms with Crippen molar-refractivity contribution in [2.45, 2.75) is 13.0 Å². The first-order valence-electron chi connectivity index (χ1n) is 6.28. The molecule has 2 N–H and O–H groups in total. The number of carbonyl (C=O) groups is 1. The van der Waals surface area contributed by atoms with E-state index in [2.05, 4.69) is 9.97 Å². The highest BCUT2D eigenvalue weighted by atomic mass is 19.1. The van der Waals surface area contributed by atoms with Crippen molar-refractivity contribution in [1.82, 2.24) is 9.97 Å². The van der Waals surface area contributed by atoms with E-state index in [0.717, 1.165) is 17.8 Å². The van der Waals surface area contributed by atoms with Crippen LogP contribution in [0.3, 0.4) is 0 Å². The van der Waals surface area contributed by atoms with Crippen molar-refractivity contribution < 1.29 is 18.3 Å². The lowest BCUT2D eigenvalue weighted by molar-refractivity contribution is 0.0985. The first-order chi connectivity index (χ1) is 10.1. The van der Waals surface area contributed by atoms with Crippen molar-refractivity contribution in [3.05, 3.63) is 46.9 Å². The molecule has 3 rings (SSSR count). The molecule has 2 aromatic heterocycles. The average molecular weight is 291 g/mol. The van der Waals surface area contributed by atoms with Gasteiger partial charge in [0, 0.05) is 11.6 Å². The number of ether oxygens (including phenoxy) is 1. The Labute approximate surface area is 118 Å². The Balaban J connectivity index is 2.24. The molecule has 0 atom stereocenters. The zero-order valence-corrected chi connectivity index (χ0v) is 10.9. The van der Waals surface area contributed by atoms with Crippen molar-refractivity contribution in [1.29, 1.82) is 0 Å². The Morgan fingerprint density at radius 2 is 2.14 bits per heavy atom. The number of pyridine rings is 2. The lowest BCUT2D eigenvalue weighted by atomic mass is 9.97. The zero-order chi connectivity index (χ0) is 15.0. The molecule has 0 saturated carbocycles. The summed E-state index contributed by atoms with van der Waals surface area (Å²) in [5.74, 6) is -2.30. The van der Waals surface area contributed by atoms with Gasteiger partial charge >= 0.3 is 0 Å². The van der Waals surface area contributed by atoms with Crippen LogP contribution in [0.1, 0.15) is 21.7 Å². The number of carbonyl (C=O) groups excluding carboxylic acids is 1. The maximum atomic E-state index is 14.0. The van der Waals surface area contributed by atoms with Gasteiger partial charge in [-0.2, -0.15) is 0 Å². The monoisotopic (exact) mass is 291 g/mol. The Kier molecular flexibility index (Phi) is 3.34. The average Bonchev–Trinajstić information content (AvgIpc) is 2.46. The minimum Gasteiger partial charge on any atom is -0.375 e. The fourth-order valence-corrected chi connectivity index (χ4v) is 2.32. The SMILES string of the molecule is NC(=O)c1cc(-c2ncc(F)cc2F)c2c(n1)COCC2. The van der Waals surface area contributed by atoms with Crippen LogP contribution in [0.15, 0.2) is 18.3 Å². The summed E-state index contributed by atoms with van der Waals surface area (Å²) in [6, 6.07) is 2.13. The molecule has 0 saturated heterocycles. The second-order valence-corrected chi connectivity index (χ2v) is 4.63. The largest absolute Gasteiger partial charge is 0.375 e. The summed E-state index contributed by atoms with van der Waals surface area (Å²) in [7, 11) is 0. The molecule has 1 amide bonds. The van der Waals surface area contributed by atoms with E-state index in [-0.39, 0.29) is 18.0 Å². The molecule has 2 aromatic rings. The molecule has 21 heavy (non-hydrogen) atoms. The molecule has 0 bridgehead atoms. The minimum atomic E-state index is -0.801. The molecular formula is C14H11F2N3O2. The molecule has 0 aromatic carbocycles. The van der Waals surface area contributed by atoms with Gasteiger partial charge in [-0.25, -0.2) is 13.8 Å². The van der Waals surface area contributed by atoms with E-state index < -0.39 is 17.5 Å². The van der Waals surface area contributed by atoms with Gasteiger partial charge < -0.3 is 10.5 Å².